The summed E-state index contributed by atoms with van der Waals surface area (Å²) in [4.78, 5) is 52.8. The monoisotopic (exact) mass is 606 g/mol. The van der Waals surface area contributed by atoms with Crippen LogP contribution in [0.15, 0.2) is 24.3 Å². The number of H-pyrrole nitrogens is 1. The minimum absolute atomic E-state index is 0. The minimum atomic E-state index is -0.401. The number of hydrogen-bond acceptors (Lipinski definition) is 6. The Labute approximate surface area is 249 Å². The number of benzene rings is 1. The molecule has 3 heterocycles. The summed E-state index contributed by atoms with van der Waals surface area (Å²) in [6, 6.07) is 6.47. The van der Waals surface area contributed by atoms with E-state index in [0.717, 1.165) is 41.0 Å². The first-order chi connectivity index (χ1) is 18.7. The van der Waals surface area contributed by atoms with Gasteiger partial charge in [0.15, 0.2) is 5.01 Å². The number of nitrogens with zero attached hydrogens (tertiary/aromatic N) is 3. The maximum atomic E-state index is 13.4. The number of nitrogens with one attached hydrogen (secondary N) is 3. The van der Waals surface area contributed by atoms with Crippen molar-refractivity contribution < 1.29 is 14.4 Å². The van der Waals surface area contributed by atoms with Crippen molar-refractivity contribution in [2.75, 3.05) is 26.7 Å². The van der Waals surface area contributed by atoms with Gasteiger partial charge in [0.1, 0.15) is 5.69 Å². The summed E-state index contributed by atoms with van der Waals surface area (Å²) in [6.07, 6.45) is 2.52. The standard InChI is InChI=1S/C28H35ClN6O3S.ClH/c1-4-35(5-2)28(38)16-6-8-20(31-25(36)23-14-17-12-18(29)7-9-19(17)30-23)22(13-16)32-26(37)27-33-21-10-11-34(3)15-24(21)39-27;/h7,9,12,14,16,20,22,30H,4-6,8,10-11,13,15H2,1-3H3,(H,31,36)(H,32,37);1H/t16-,20-,22+;/m0./s1. The smallest absolute Gasteiger partial charge is 0.280 e. The van der Waals surface area contributed by atoms with Crippen LogP contribution in [0.25, 0.3) is 10.9 Å². The molecule has 0 radical (unpaired) electrons. The number of carbonyl (C=O) groups excluding carboxylic acids is 3. The molecule has 1 fully saturated rings. The number of amides is 3. The lowest BCUT2D eigenvalue weighted by atomic mass is 9.81. The van der Waals surface area contributed by atoms with Crippen LogP contribution in [0.1, 0.15) is 64.0 Å². The number of aromatic nitrogens is 2. The molecular formula is C28H36Cl2N6O3S. The fourth-order valence-electron chi connectivity index (χ4n) is 5.64. The Bertz CT molecular complexity index is 1390. The number of thiazole rings is 1. The lowest BCUT2D eigenvalue weighted by Crippen LogP contribution is -2.56. The molecule has 3 atom stereocenters. The number of rotatable bonds is 7. The third kappa shape index (κ3) is 6.46. The van der Waals surface area contributed by atoms with Crippen molar-refractivity contribution in [3.63, 3.8) is 0 Å². The molecule has 12 heteroatoms. The highest BCUT2D eigenvalue weighted by Gasteiger charge is 2.37. The van der Waals surface area contributed by atoms with E-state index >= 15 is 0 Å². The molecule has 2 aliphatic rings. The summed E-state index contributed by atoms with van der Waals surface area (Å²) in [5.41, 5.74) is 2.24. The van der Waals surface area contributed by atoms with Gasteiger partial charge >= 0.3 is 0 Å². The molecule has 3 N–H and O–H groups in total. The lowest BCUT2D eigenvalue weighted by molar-refractivity contribution is -0.136. The topological polar surface area (TPSA) is 110 Å². The van der Waals surface area contributed by atoms with Gasteiger partial charge in [0.25, 0.3) is 11.8 Å². The zero-order valence-electron chi connectivity index (χ0n) is 23.0. The number of aromatic amines is 1. The molecule has 5 rings (SSSR count). The van der Waals surface area contributed by atoms with Crippen LogP contribution >= 0.6 is 35.3 Å². The summed E-state index contributed by atoms with van der Waals surface area (Å²) in [5.74, 6) is -0.619. The van der Waals surface area contributed by atoms with Crippen molar-refractivity contribution in [2.45, 2.75) is 58.2 Å². The van der Waals surface area contributed by atoms with Crippen LogP contribution in [0, 0.1) is 5.92 Å². The van der Waals surface area contributed by atoms with Crippen LogP contribution in [0.3, 0.4) is 0 Å². The van der Waals surface area contributed by atoms with E-state index in [2.05, 4.69) is 32.5 Å². The average Bonchev–Trinajstić information content (AvgIpc) is 3.54. The predicted molar refractivity (Wildman–Crippen MR) is 160 cm³/mol. The zero-order valence-corrected chi connectivity index (χ0v) is 25.3. The SMILES string of the molecule is CCN(CC)C(=O)[C@H]1CC[C@H](NC(=O)c2cc3cc(Cl)ccc3[nH]2)[C@H](NC(=O)c2nc3c(s2)CN(C)CC3)C1.Cl. The normalized spacial score (nSPS) is 20.9. The van der Waals surface area contributed by atoms with Gasteiger partial charge in [-0.2, -0.15) is 0 Å². The molecule has 216 valence electrons. The number of halogens is 2. The molecule has 2 aromatic heterocycles. The fourth-order valence-corrected chi connectivity index (χ4v) is 6.91. The first kappa shape index (κ1) is 30.3. The second-order valence-electron chi connectivity index (χ2n) is 10.5. The van der Waals surface area contributed by atoms with Crippen LogP contribution < -0.4 is 10.6 Å². The quantitative estimate of drug-likeness (QED) is 0.372. The van der Waals surface area contributed by atoms with Crippen molar-refractivity contribution in [1.29, 1.82) is 0 Å². The highest BCUT2D eigenvalue weighted by molar-refractivity contribution is 7.13. The fraction of sp³-hybridized carbons (Fsp3) is 0.500. The molecule has 0 unspecified atom stereocenters. The van der Waals surface area contributed by atoms with E-state index in [4.69, 9.17) is 11.6 Å². The van der Waals surface area contributed by atoms with E-state index in [1.165, 1.54) is 11.3 Å². The van der Waals surface area contributed by atoms with Crippen LogP contribution in [0.5, 0.6) is 0 Å². The van der Waals surface area contributed by atoms with Crippen molar-refractivity contribution in [3.05, 3.63) is 50.6 Å². The predicted octanol–water partition coefficient (Wildman–Crippen LogP) is 4.25. The Hall–Kier alpha value is -2.66. The Morgan fingerprint density at radius 2 is 1.88 bits per heavy atom. The van der Waals surface area contributed by atoms with Gasteiger partial charge in [-0.3, -0.25) is 14.4 Å². The second kappa shape index (κ2) is 12.9. The number of fused-ring (bicyclic) bond motifs is 2. The van der Waals surface area contributed by atoms with Gasteiger partial charge in [0, 0.05) is 65.4 Å². The van der Waals surface area contributed by atoms with Gasteiger partial charge in [-0.1, -0.05) is 11.6 Å². The zero-order chi connectivity index (χ0) is 27.7. The Morgan fingerprint density at radius 1 is 1.12 bits per heavy atom. The van der Waals surface area contributed by atoms with E-state index in [1.807, 2.05) is 30.9 Å². The number of carbonyl (C=O) groups is 3. The van der Waals surface area contributed by atoms with Gasteiger partial charge in [-0.25, -0.2) is 4.98 Å². The average molecular weight is 608 g/mol. The minimum Gasteiger partial charge on any atom is -0.351 e. The largest absolute Gasteiger partial charge is 0.351 e. The molecule has 3 amide bonds. The van der Waals surface area contributed by atoms with E-state index in [9.17, 15) is 14.4 Å². The summed E-state index contributed by atoms with van der Waals surface area (Å²) in [5, 5.41) is 8.15. The third-order valence-corrected chi connectivity index (χ3v) is 9.17. The number of likely N-dealkylation sites (N-methyl/N-ethyl adjacent to an activating group) is 1. The van der Waals surface area contributed by atoms with E-state index in [0.29, 0.717) is 48.1 Å². The molecule has 1 aliphatic heterocycles. The van der Waals surface area contributed by atoms with Crippen LogP contribution in [-0.2, 0) is 17.8 Å². The van der Waals surface area contributed by atoms with Crippen LogP contribution in [0.4, 0.5) is 0 Å². The van der Waals surface area contributed by atoms with E-state index in [1.54, 1.807) is 12.1 Å². The molecular weight excluding hydrogens is 571 g/mol. The van der Waals surface area contributed by atoms with Gasteiger partial charge in [0.2, 0.25) is 5.91 Å². The first-order valence-electron chi connectivity index (χ1n) is 13.6. The molecule has 0 bridgehead atoms. The Morgan fingerprint density at radius 3 is 2.62 bits per heavy atom. The first-order valence-corrected chi connectivity index (χ1v) is 14.8. The molecule has 1 aromatic carbocycles. The van der Waals surface area contributed by atoms with Gasteiger partial charge in [-0.05, 0) is 64.4 Å². The molecule has 3 aromatic rings. The van der Waals surface area contributed by atoms with Crippen LogP contribution in [0.2, 0.25) is 5.02 Å². The lowest BCUT2D eigenvalue weighted by Gasteiger charge is -2.37. The van der Waals surface area contributed by atoms with E-state index < -0.39 is 6.04 Å². The summed E-state index contributed by atoms with van der Waals surface area (Å²) < 4.78 is 0. The second-order valence-corrected chi connectivity index (χ2v) is 12.0. The summed E-state index contributed by atoms with van der Waals surface area (Å²) >= 11 is 7.54. The molecule has 1 saturated carbocycles. The van der Waals surface area contributed by atoms with Gasteiger partial charge < -0.3 is 25.4 Å². The molecule has 0 spiro atoms. The Kier molecular flexibility index (Phi) is 9.76. The molecule has 1 aliphatic carbocycles. The highest BCUT2D eigenvalue weighted by atomic mass is 35.5. The third-order valence-electron chi connectivity index (χ3n) is 7.85. The molecule has 0 saturated heterocycles. The van der Waals surface area contributed by atoms with Crippen molar-refractivity contribution >= 4 is 64.0 Å². The highest BCUT2D eigenvalue weighted by Crippen LogP contribution is 2.29. The van der Waals surface area contributed by atoms with Crippen LogP contribution in [-0.4, -0.2) is 76.3 Å². The van der Waals surface area contributed by atoms with Crippen molar-refractivity contribution in [3.8, 4) is 0 Å². The summed E-state index contributed by atoms with van der Waals surface area (Å²) in [7, 11) is 2.06. The van der Waals surface area contributed by atoms with Crippen molar-refractivity contribution in [1.82, 2.24) is 30.4 Å². The maximum Gasteiger partial charge on any atom is 0.280 e. The molecule has 40 heavy (non-hydrogen) atoms. The van der Waals surface area contributed by atoms with Gasteiger partial charge in [-0.15, -0.1) is 23.7 Å². The summed E-state index contributed by atoms with van der Waals surface area (Å²) in [6.45, 7) is 6.95. The number of hydrogen-bond donors (Lipinski definition) is 3. The van der Waals surface area contributed by atoms with E-state index in [-0.39, 0.29) is 42.1 Å². The van der Waals surface area contributed by atoms with Gasteiger partial charge in [0.05, 0.1) is 11.7 Å². The maximum absolute atomic E-state index is 13.4. The van der Waals surface area contributed by atoms with Crippen molar-refractivity contribution in [2.24, 2.45) is 5.92 Å². The Balaban J connectivity index is 0.00000370. The molecule has 9 nitrogen and oxygen atoms in total.